The Bertz CT molecular complexity index is 1130. The Morgan fingerprint density at radius 3 is 2.29 bits per heavy atom. The van der Waals surface area contributed by atoms with Crippen molar-refractivity contribution in [2.75, 3.05) is 25.5 Å². The highest BCUT2D eigenvalue weighted by molar-refractivity contribution is 6.00. The van der Waals surface area contributed by atoms with E-state index in [1.54, 1.807) is 38.1 Å². The fraction of sp³-hybridized carbons (Fsp3) is 0.261. The third-order valence-electron chi connectivity index (χ3n) is 4.89. The van der Waals surface area contributed by atoms with Gasteiger partial charge in [0.15, 0.2) is 5.96 Å². The highest BCUT2D eigenvalue weighted by Gasteiger charge is 2.23. The van der Waals surface area contributed by atoms with Gasteiger partial charge < -0.3 is 36.8 Å². The van der Waals surface area contributed by atoms with Crippen LogP contribution in [0.25, 0.3) is 0 Å². The number of carbonyl (C=O) groups is 4. The molecule has 0 aliphatic heterocycles. The van der Waals surface area contributed by atoms with Gasteiger partial charge in [0.05, 0.1) is 13.7 Å². The smallest absolute Gasteiger partial charge is 0.328 e. The van der Waals surface area contributed by atoms with E-state index in [0.29, 0.717) is 28.1 Å². The number of rotatable bonds is 10. The van der Waals surface area contributed by atoms with Crippen LogP contribution in [0.15, 0.2) is 36.4 Å². The van der Waals surface area contributed by atoms with E-state index in [-0.39, 0.29) is 18.1 Å². The molecule has 0 aliphatic carbocycles. The monoisotopic (exact) mass is 484 g/mol. The first-order valence-corrected chi connectivity index (χ1v) is 10.5. The van der Waals surface area contributed by atoms with Gasteiger partial charge in [0.2, 0.25) is 5.91 Å². The summed E-state index contributed by atoms with van der Waals surface area (Å²) in [5.41, 5.74) is 7.45. The molecule has 0 aliphatic rings. The number of amides is 3. The number of methoxy groups -OCH3 is 1. The van der Waals surface area contributed by atoms with Gasteiger partial charge in [-0.1, -0.05) is 6.07 Å². The molecule has 0 radical (unpaired) electrons. The minimum atomic E-state index is -1.39. The molecule has 3 amide bonds. The van der Waals surface area contributed by atoms with Crippen LogP contribution in [0.4, 0.5) is 5.69 Å². The van der Waals surface area contributed by atoms with Crippen LogP contribution in [0.1, 0.15) is 31.8 Å². The maximum absolute atomic E-state index is 12.7. The number of nitrogens with one attached hydrogen (secondary N) is 5. The maximum Gasteiger partial charge on any atom is 0.328 e. The summed E-state index contributed by atoms with van der Waals surface area (Å²) in [6, 6.07) is 8.08. The number of hydrogen-bond donors (Lipinski definition) is 7. The van der Waals surface area contributed by atoms with Crippen LogP contribution in [0, 0.1) is 19.3 Å². The van der Waals surface area contributed by atoms with Gasteiger partial charge in [-0.05, 0) is 55.3 Å². The maximum atomic E-state index is 12.7. The van der Waals surface area contributed by atoms with E-state index in [0.717, 1.165) is 0 Å². The first-order chi connectivity index (χ1) is 16.5. The number of nitrogens with two attached hydrogens (primary N) is 1. The Morgan fingerprint density at radius 2 is 1.71 bits per heavy atom. The number of aliphatic carboxylic acids is 1. The zero-order valence-electron chi connectivity index (χ0n) is 19.5. The summed E-state index contributed by atoms with van der Waals surface area (Å²) in [7, 11) is 1.50. The van der Waals surface area contributed by atoms with Crippen molar-refractivity contribution in [3.8, 4) is 5.75 Å². The van der Waals surface area contributed by atoms with Gasteiger partial charge in [-0.25, -0.2) is 4.79 Å². The zero-order valence-corrected chi connectivity index (χ0v) is 19.5. The Balaban J connectivity index is 1.93. The van der Waals surface area contributed by atoms with Gasteiger partial charge in [-0.2, -0.15) is 0 Å². The van der Waals surface area contributed by atoms with E-state index < -0.39 is 36.3 Å². The molecule has 12 nitrogen and oxygen atoms in total. The lowest BCUT2D eigenvalue weighted by Crippen LogP contribution is -2.50. The van der Waals surface area contributed by atoms with Crippen LogP contribution in [-0.4, -0.2) is 61.0 Å². The summed E-state index contributed by atoms with van der Waals surface area (Å²) < 4.78 is 5.16. The highest BCUT2D eigenvalue weighted by Crippen LogP contribution is 2.21. The molecule has 12 heteroatoms. The predicted molar refractivity (Wildman–Crippen MR) is 129 cm³/mol. The van der Waals surface area contributed by atoms with Crippen molar-refractivity contribution >= 4 is 35.3 Å². The molecule has 0 fully saturated rings. The summed E-state index contributed by atoms with van der Waals surface area (Å²) in [5, 5.41) is 26.5. The summed E-state index contributed by atoms with van der Waals surface area (Å²) >= 11 is 0. The molecule has 0 heterocycles. The normalized spacial score (nSPS) is 11.1. The van der Waals surface area contributed by atoms with Crippen LogP contribution in [-0.2, 0) is 9.59 Å². The van der Waals surface area contributed by atoms with Crippen LogP contribution in [0.5, 0.6) is 5.75 Å². The molecule has 0 saturated heterocycles. The van der Waals surface area contributed by atoms with Crippen molar-refractivity contribution in [1.29, 1.82) is 5.41 Å². The molecule has 8 N–H and O–H groups in total. The molecule has 0 aromatic heterocycles. The molecule has 186 valence electrons. The second kappa shape index (κ2) is 12.0. The van der Waals surface area contributed by atoms with Gasteiger partial charge in [0, 0.05) is 23.4 Å². The fourth-order valence-corrected chi connectivity index (χ4v) is 3.26. The van der Waals surface area contributed by atoms with Gasteiger partial charge in [0.1, 0.15) is 11.8 Å². The number of carboxylic acid groups (broad SMARTS) is 1. The topological polar surface area (TPSA) is 196 Å². The number of carbonyl (C=O) groups excluding carboxylic acids is 3. The summed E-state index contributed by atoms with van der Waals surface area (Å²) in [6.45, 7) is 2.61. The van der Waals surface area contributed by atoms with Crippen LogP contribution in [0.2, 0.25) is 0 Å². The molecule has 1 unspecified atom stereocenters. The van der Waals surface area contributed by atoms with Crippen molar-refractivity contribution in [1.82, 2.24) is 16.0 Å². The lowest BCUT2D eigenvalue weighted by molar-refractivity contribution is -0.139. The predicted octanol–water partition coefficient (Wildman–Crippen LogP) is 0.347. The third-order valence-corrected chi connectivity index (χ3v) is 4.89. The Kier molecular flexibility index (Phi) is 9.15. The van der Waals surface area contributed by atoms with Crippen LogP contribution < -0.4 is 31.7 Å². The van der Waals surface area contributed by atoms with Gasteiger partial charge in [0.25, 0.3) is 11.8 Å². The summed E-state index contributed by atoms with van der Waals surface area (Å²) in [4.78, 5) is 48.8. The van der Waals surface area contributed by atoms with E-state index >= 15 is 0 Å². The molecular weight excluding hydrogens is 456 g/mol. The summed E-state index contributed by atoms with van der Waals surface area (Å²) in [6.07, 6.45) is 0. The van der Waals surface area contributed by atoms with E-state index in [9.17, 15) is 24.3 Å². The van der Waals surface area contributed by atoms with Crippen molar-refractivity contribution < 1.29 is 29.0 Å². The lowest BCUT2D eigenvalue weighted by Gasteiger charge is -2.18. The number of carboxylic acids is 1. The highest BCUT2D eigenvalue weighted by atomic mass is 16.5. The average molecular weight is 485 g/mol. The van der Waals surface area contributed by atoms with Gasteiger partial charge in [-0.3, -0.25) is 19.8 Å². The van der Waals surface area contributed by atoms with Gasteiger partial charge in [-0.15, -0.1) is 0 Å². The largest absolute Gasteiger partial charge is 0.497 e. The Labute approximate surface area is 201 Å². The molecule has 35 heavy (non-hydrogen) atoms. The number of anilines is 1. The average Bonchev–Trinajstić information content (AvgIpc) is 2.79. The number of benzene rings is 2. The minimum Gasteiger partial charge on any atom is -0.497 e. The number of guanidine groups is 1. The molecule has 0 spiro atoms. The zero-order chi connectivity index (χ0) is 26.1. The van der Waals surface area contributed by atoms with Crippen LogP contribution in [0.3, 0.4) is 0 Å². The summed E-state index contributed by atoms with van der Waals surface area (Å²) in [5.74, 6) is -2.85. The number of ether oxygens (including phenoxy) is 1. The SMILES string of the molecule is COc1cc(C)c(C(=O)NC(CNC(=O)CNC(=O)c2cccc(NC(=N)N)c2)C(=O)O)c(C)c1. The van der Waals surface area contributed by atoms with Crippen molar-refractivity contribution in [2.45, 2.75) is 19.9 Å². The van der Waals surface area contributed by atoms with Crippen LogP contribution >= 0.6 is 0 Å². The van der Waals surface area contributed by atoms with Crippen molar-refractivity contribution in [3.05, 3.63) is 58.7 Å². The second-order valence-corrected chi connectivity index (χ2v) is 7.61. The fourth-order valence-electron chi connectivity index (χ4n) is 3.26. The standard InChI is InChI=1S/C23H28N6O6/c1-12-7-16(35-3)8-13(2)19(12)21(32)29-17(22(33)34)10-26-18(30)11-27-20(31)14-5-4-6-15(9-14)28-23(24)25/h4-9,17H,10-11H2,1-3H3,(H,26,30)(H,27,31)(H,29,32)(H,33,34)(H4,24,25,28). The van der Waals surface area contributed by atoms with Gasteiger partial charge >= 0.3 is 5.97 Å². The lowest BCUT2D eigenvalue weighted by atomic mass is 10.0. The van der Waals surface area contributed by atoms with Crippen molar-refractivity contribution in [2.24, 2.45) is 5.73 Å². The Hall–Kier alpha value is -4.61. The molecular formula is C23H28N6O6. The van der Waals surface area contributed by atoms with E-state index in [1.807, 2.05) is 0 Å². The molecule has 0 bridgehead atoms. The molecule has 1 atom stereocenters. The minimum absolute atomic E-state index is 0.227. The Morgan fingerprint density at radius 1 is 1.06 bits per heavy atom. The third kappa shape index (κ3) is 7.74. The quantitative estimate of drug-likeness (QED) is 0.185. The first-order valence-electron chi connectivity index (χ1n) is 10.5. The van der Waals surface area contributed by atoms with E-state index in [1.165, 1.54) is 19.2 Å². The number of aryl methyl sites for hydroxylation is 2. The van der Waals surface area contributed by atoms with Crippen molar-refractivity contribution in [3.63, 3.8) is 0 Å². The molecule has 0 saturated carbocycles. The molecule has 2 rings (SSSR count). The molecule has 2 aromatic rings. The molecule has 2 aromatic carbocycles. The van der Waals surface area contributed by atoms with E-state index in [4.69, 9.17) is 15.9 Å². The second-order valence-electron chi connectivity index (χ2n) is 7.61. The van der Waals surface area contributed by atoms with E-state index in [2.05, 4.69) is 21.3 Å². The number of hydrogen-bond acceptors (Lipinski definition) is 6. The first kappa shape index (κ1) is 26.6.